The van der Waals surface area contributed by atoms with E-state index < -0.39 is 35.2 Å². The van der Waals surface area contributed by atoms with Gasteiger partial charge in [-0.2, -0.15) is 0 Å². The minimum atomic E-state index is -1.21. The minimum Gasteiger partial charge on any atom is -0.481 e. The highest BCUT2D eigenvalue weighted by atomic mass is 19.1. The van der Waals surface area contributed by atoms with Crippen LogP contribution in [0.3, 0.4) is 0 Å². The van der Waals surface area contributed by atoms with E-state index in [2.05, 4.69) is 0 Å². The van der Waals surface area contributed by atoms with Crippen molar-refractivity contribution in [2.24, 2.45) is 11.8 Å². The molecule has 0 saturated carbocycles. The number of halogens is 1. The molecule has 2 atom stereocenters. The summed E-state index contributed by atoms with van der Waals surface area (Å²) in [5.74, 6) is -4.34. The zero-order chi connectivity index (χ0) is 17.5. The fraction of sp³-hybridized carbons (Fsp3) is 0.688. The number of ether oxygens (including phenoxy) is 1. The van der Waals surface area contributed by atoms with Gasteiger partial charge in [0.05, 0.1) is 5.92 Å². The standard InChI is InChI=1S/C16H25FO5/c1-10(8-11(2)18)13(17)9-12(15(20)21)6-7-14(19)22-16(3,4)5/h9-10,12H,6-8H2,1-5H3,(H,20,21)/b13-9-/t10-,12-/m1/s1. The van der Waals surface area contributed by atoms with Crippen molar-refractivity contribution in [1.29, 1.82) is 0 Å². The first-order valence-electron chi connectivity index (χ1n) is 7.23. The SMILES string of the molecule is CC(=O)C[C@@H](C)/C(F)=C/[C@@H](CCC(=O)OC(C)(C)C)C(=O)O. The second-order valence-corrected chi connectivity index (χ2v) is 6.43. The van der Waals surface area contributed by atoms with Gasteiger partial charge in [-0.25, -0.2) is 4.39 Å². The normalized spacial score (nSPS) is 15.1. The lowest BCUT2D eigenvalue weighted by Gasteiger charge is -2.20. The average molecular weight is 316 g/mol. The lowest BCUT2D eigenvalue weighted by atomic mass is 9.97. The molecular weight excluding hydrogens is 291 g/mol. The molecular formula is C16H25FO5. The van der Waals surface area contributed by atoms with Crippen LogP contribution in [0.15, 0.2) is 11.9 Å². The average Bonchev–Trinajstić information content (AvgIpc) is 2.30. The molecule has 1 N–H and O–H groups in total. The molecule has 0 aliphatic carbocycles. The zero-order valence-corrected chi connectivity index (χ0v) is 13.8. The molecule has 0 saturated heterocycles. The Morgan fingerprint density at radius 1 is 1.27 bits per heavy atom. The molecule has 0 aromatic rings. The molecule has 0 aliphatic heterocycles. The molecule has 0 spiro atoms. The Labute approximate surface area is 130 Å². The number of carboxylic acid groups (broad SMARTS) is 1. The molecule has 0 bridgehead atoms. The summed E-state index contributed by atoms with van der Waals surface area (Å²) >= 11 is 0. The fourth-order valence-electron chi connectivity index (χ4n) is 1.83. The summed E-state index contributed by atoms with van der Waals surface area (Å²) in [7, 11) is 0. The van der Waals surface area contributed by atoms with E-state index in [0.717, 1.165) is 6.08 Å². The highest BCUT2D eigenvalue weighted by Crippen LogP contribution is 2.21. The van der Waals surface area contributed by atoms with Crippen molar-refractivity contribution in [1.82, 2.24) is 0 Å². The first-order valence-corrected chi connectivity index (χ1v) is 7.23. The number of aliphatic carboxylic acids is 1. The minimum absolute atomic E-state index is 0.0146. The van der Waals surface area contributed by atoms with Crippen molar-refractivity contribution in [3.8, 4) is 0 Å². The number of hydrogen-bond donors (Lipinski definition) is 1. The van der Waals surface area contributed by atoms with Crippen LogP contribution in [0.25, 0.3) is 0 Å². The van der Waals surface area contributed by atoms with Gasteiger partial charge < -0.3 is 14.6 Å². The number of hydrogen-bond acceptors (Lipinski definition) is 4. The van der Waals surface area contributed by atoms with Gasteiger partial charge in [-0.3, -0.25) is 9.59 Å². The van der Waals surface area contributed by atoms with Crippen LogP contribution in [0, 0.1) is 11.8 Å². The molecule has 5 nitrogen and oxygen atoms in total. The van der Waals surface area contributed by atoms with Crippen molar-refractivity contribution in [2.45, 2.75) is 59.5 Å². The number of carbonyl (C=O) groups is 3. The summed E-state index contributed by atoms with van der Waals surface area (Å²) in [4.78, 5) is 33.7. The number of rotatable bonds is 8. The Morgan fingerprint density at radius 2 is 1.82 bits per heavy atom. The van der Waals surface area contributed by atoms with Crippen LogP contribution in [0.4, 0.5) is 4.39 Å². The van der Waals surface area contributed by atoms with Crippen LogP contribution in [-0.2, 0) is 19.1 Å². The number of carbonyl (C=O) groups excluding carboxylic acids is 2. The Bertz CT molecular complexity index is 448. The first kappa shape index (κ1) is 20.3. The van der Waals surface area contributed by atoms with Crippen molar-refractivity contribution in [3.63, 3.8) is 0 Å². The molecule has 0 radical (unpaired) electrons. The molecule has 126 valence electrons. The van der Waals surface area contributed by atoms with Crippen molar-refractivity contribution < 1.29 is 28.6 Å². The zero-order valence-electron chi connectivity index (χ0n) is 13.8. The Balaban J connectivity index is 4.71. The second-order valence-electron chi connectivity index (χ2n) is 6.43. The second kappa shape index (κ2) is 8.66. The summed E-state index contributed by atoms with van der Waals surface area (Å²) in [5, 5.41) is 9.10. The van der Waals surface area contributed by atoms with Gasteiger partial charge >= 0.3 is 11.9 Å². The van der Waals surface area contributed by atoms with Gasteiger partial charge in [0.1, 0.15) is 17.2 Å². The maximum Gasteiger partial charge on any atom is 0.310 e. The lowest BCUT2D eigenvalue weighted by Crippen LogP contribution is -2.24. The van der Waals surface area contributed by atoms with Gasteiger partial charge in [0.15, 0.2) is 0 Å². The van der Waals surface area contributed by atoms with E-state index >= 15 is 0 Å². The lowest BCUT2D eigenvalue weighted by molar-refractivity contribution is -0.155. The quantitative estimate of drug-likeness (QED) is 0.695. The summed E-state index contributed by atoms with van der Waals surface area (Å²) in [6.45, 7) is 7.99. The third kappa shape index (κ3) is 9.26. The molecule has 0 fully saturated rings. The summed E-state index contributed by atoms with van der Waals surface area (Å²) in [5.41, 5.74) is -0.646. The third-order valence-electron chi connectivity index (χ3n) is 2.82. The van der Waals surface area contributed by atoms with Crippen LogP contribution in [0.2, 0.25) is 0 Å². The number of ketones is 1. The molecule has 0 aromatic heterocycles. The summed E-state index contributed by atoms with van der Waals surface area (Å²) in [6.07, 6.45) is 0.824. The Hall–Kier alpha value is -1.72. The van der Waals surface area contributed by atoms with E-state index in [0.29, 0.717) is 0 Å². The van der Waals surface area contributed by atoms with Gasteiger partial charge in [-0.15, -0.1) is 0 Å². The highest BCUT2D eigenvalue weighted by Gasteiger charge is 2.22. The van der Waals surface area contributed by atoms with Crippen LogP contribution >= 0.6 is 0 Å². The van der Waals surface area contributed by atoms with Gasteiger partial charge in [-0.1, -0.05) is 6.92 Å². The van der Waals surface area contributed by atoms with Gasteiger partial charge in [0, 0.05) is 18.8 Å². The van der Waals surface area contributed by atoms with Crippen LogP contribution in [0.1, 0.15) is 53.9 Å². The van der Waals surface area contributed by atoms with Crippen molar-refractivity contribution in [2.75, 3.05) is 0 Å². The van der Waals surface area contributed by atoms with Crippen molar-refractivity contribution in [3.05, 3.63) is 11.9 Å². The summed E-state index contributed by atoms with van der Waals surface area (Å²) < 4.78 is 19.0. The van der Waals surface area contributed by atoms with Gasteiger partial charge in [0.25, 0.3) is 0 Å². The number of esters is 1. The van der Waals surface area contributed by atoms with E-state index in [1.807, 2.05) is 0 Å². The maximum atomic E-state index is 13.9. The third-order valence-corrected chi connectivity index (χ3v) is 2.82. The van der Waals surface area contributed by atoms with E-state index in [-0.39, 0.29) is 25.0 Å². The number of carboxylic acids is 1. The molecule has 0 heterocycles. The number of Topliss-reactive ketones (excluding diaryl/α,β-unsaturated/α-hetero) is 1. The largest absolute Gasteiger partial charge is 0.481 e. The monoisotopic (exact) mass is 316 g/mol. The predicted molar refractivity (Wildman–Crippen MR) is 79.9 cm³/mol. The molecule has 0 unspecified atom stereocenters. The molecule has 22 heavy (non-hydrogen) atoms. The molecule has 0 aliphatic rings. The van der Waals surface area contributed by atoms with E-state index in [4.69, 9.17) is 9.84 Å². The Kier molecular flexibility index (Phi) is 7.98. The Morgan fingerprint density at radius 3 is 2.23 bits per heavy atom. The first-order chi connectivity index (χ1) is 9.92. The predicted octanol–water partition coefficient (Wildman–Crippen LogP) is 3.28. The van der Waals surface area contributed by atoms with E-state index in [1.165, 1.54) is 13.8 Å². The van der Waals surface area contributed by atoms with E-state index in [1.54, 1.807) is 20.8 Å². The number of allylic oxidation sites excluding steroid dienone is 1. The molecule has 0 aromatic carbocycles. The smallest absolute Gasteiger partial charge is 0.310 e. The maximum absolute atomic E-state index is 13.9. The highest BCUT2D eigenvalue weighted by molar-refractivity contribution is 5.76. The fourth-order valence-corrected chi connectivity index (χ4v) is 1.83. The van der Waals surface area contributed by atoms with Gasteiger partial charge in [0.2, 0.25) is 0 Å². The molecule has 0 rings (SSSR count). The molecule has 6 heteroatoms. The van der Waals surface area contributed by atoms with Crippen LogP contribution in [-0.4, -0.2) is 28.4 Å². The van der Waals surface area contributed by atoms with Crippen LogP contribution in [0.5, 0.6) is 0 Å². The topological polar surface area (TPSA) is 80.7 Å². The molecule has 0 amide bonds. The van der Waals surface area contributed by atoms with Gasteiger partial charge in [-0.05, 0) is 40.2 Å². The van der Waals surface area contributed by atoms with Crippen LogP contribution < -0.4 is 0 Å². The van der Waals surface area contributed by atoms with E-state index in [9.17, 15) is 18.8 Å². The summed E-state index contributed by atoms with van der Waals surface area (Å²) in [6, 6.07) is 0. The van der Waals surface area contributed by atoms with Crippen molar-refractivity contribution >= 4 is 17.7 Å².